The summed E-state index contributed by atoms with van der Waals surface area (Å²) in [5, 5.41) is 6.50. The van der Waals surface area contributed by atoms with Crippen molar-refractivity contribution in [1.82, 2.24) is 10.6 Å². The lowest BCUT2D eigenvalue weighted by atomic mass is 9.87. The summed E-state index contributed by atoms with van der Waals surface area (Å²) in [6, 6.07) is 0. The highest BCUT2D eigenvalue weighted by Gasteiger charge is 2.50. The summed E-state index contributed by atoms with van der Waals surface area (Å²) in [6.07, 6.45) is 2.84. The van der Waals surface area contributed by atoms with Crippen LogP contribution >= 0.6 is 0 Å². The Kier molecular flexibility index (Phi) is 11.8. The van der Waals surface area contributed by atoms with Crippen LogP contribution in [0.1, 0.15) is 60.8 Å². The molecule has 8 nitrogen and oxygen atoms in total. The maximum absolute atomic E-state index is 12.8. The number of unbranched alkanes of at least 4 members (excludes halogenated alkanes) is 1. The van der Waals surface area contributed by atoms with E-state index >= 15 is 0 Å². The molecule has 0 spiro atoms. The van der Waals surface area contributed by atoms with Gasteiger partial charge in [-0.3, -0.25) is 9.59 Å². The maximum Gasteiger partial charge on any atom is 0.326 e. The van der Waals surface area contributed by atoms with Crippen molar-refractivity contribution in [3.8, 4) is 0 Å². The standard InChI is InChI=1S/C20H42N4O4/c1-18(2,3)27-16(25)20(14-22,17(26)28-19(4,5)6)15-24-12-8-7-11-23-13-9-10-21/h23-24H,7-15,21-22H2,1-6H3. The fourth-order valence-electron chi connectivity index (χ4n) is 2.37. The monoisotopic (exact) mass is 402 g/mol. The first kappa shape index (κ1) is 26.8. The highest BCUT2D eigenvalue weighted by molar-refractivity contribution is 6.01. The summed E-state index contributed by atoms with van der Waals surface area (Å²) in [5.74, 6) is -1.32. The average molecular weight is 403 g/mol. The molecule has 0 saturated heterocycles. The van der Waals surface area contributed by atoms with Gasteiger partial charge < -0.3 is 31.6 Å². The third-order valence-corrected chi connectivity index (χ3v) is 3.87. The summed E-state index contributed by atoms with van der Waals surface area (Å²) in [4.78, 5) is 25.7. The van der Waals surface area contributed by atoms with Gasteiger partial charge in [0.15, 0.2) is 5.41 Å². The number of carbonyl (C=O) groups excluding carboxylic acids is 2. The van der Waals surface area contributed by atoms with Gasteiger partial charge in [0, 0.05) is 13.1 Å². The molecule has 0 aromatic carbocycles. The van der Waals surface area contributed by atoms with Gasteiger partial charge in [0.1, 0.15) is 11.2 Å². The fourth-order valence-corrected chi connectivity index (χ4v) is 2.37. The lowest BCUT2D eigenvalue weighted by Crippen LogP contribution is -2.56. The molecule has 0 aliphatic heterocycles. The van der Waals surface area contributed by atoms with Crippen molar-refractivity contribution in [3.63, 3.8) is 0 Å². The molecule has 0 fully saturated rings. The number of hydrogen-bond donors (Lipinski definition) is 4. The Hall–Kier alpha value is -1.22. The number of ether oxygens (including phenoxy) is 2. The van der Waals surface area contributed by atoms with E-state index in [1.54, 1.807) is 41.5 Å². The minimum Gasteiger partial charge on any atom is -0.459 e. The second-order valence-electron chi connectivity index (χ2n) is 9.07. The van der Waals surface area contributed by atoms with Crippen LogP contribution in [0.3, 0.4) is 0 Å². The van der Waals surface area contributed by atoms with Crippen molar-refractivity contribution in [2.75, 3.05) is 39.3 Å². The van der Waals surface area contributed by atoms with Gasteiger partial charge >= 0.3 is 11.9 Å². The van der Waals surface area contributed by atoms with Gasteiger partial charge in [-0.15, -0.1) is 0 Å². The van der Waals surface area contributed by atoms with Crippen LogP contribution in [0.5, 0.6) is 0 Å². The molecule has 8 heteroatoms. The van der Waals surface area contributed by atoms with Crippen LogP contribution < -0.4 is 22.1 Å². The van der Waals surface area contributed by atoms with Gasteiger partial charge in [-0.1, -0.05) is 0 Å². The van der Waals surface area contributed by atoms with Crippen molar-refractivity contribution in [3.05, 3.63) is 0 Å². The topological polar surface area (TPSA) is 129 Å². The fraction of sp³-hybridized carbons (Fsp3) is 0.900. The Bertz CT molecular complexity index is 442. The molecule has 28 heavy (non-hydrogen) atoms. The van der Waals surface area contributed by atoms with Crippen molar-refractivity contribution in [1.29, 1.82) is 0 Å². The molecule has 0 bridgehead atoms. The largest absolute Gasteiger partial charge is 0.459 e. The van der Waals surface area contributed by atoms with Crippen LogP contribution in [-0.2, 0) is 19.1 Å². The van der Waals surface area contributed by atoms with Crippen molar-refractivity contribution < 1.29 is 19.1 Å². The second-order valence-corrected chi connectivity index (χ2v) is 9.07. The van der Waals surface area contributed by atoms with Gasteiger partial charge in [-0.25, -0.2) is 0 Å². The van der Waals surface area contributed by atoms with E-state index in [1.807, 2.05) is 0 Å². The van der Waals surface area contributed by atoms with E-state index in [4.69, 9.17) is 20.9 Å². The molecule has 0 amide bonds. The smallest absolute Gasteiger partial charge is 0.326 e. The third kappa shape index (κ3) is 10.9. The first-order chi connectivity index (χ1) is 12.9. The predicted octanol–water partition coefficient (Wildman–Crippen LogP) is 0.923. The van der Waals surface area contributed by atoms with E-state index in [0.29, 0.717) is 13.1 Å². The van der Waals surface area contributed by atoms with Crippen molar-refractivity contribution in [2.45, 2.75) is 72.0 Å². The van der Waals surface area contributed by atoms with E-state index < -0.39 is 28.6 Å². The van der Waals surface area contributed by atoms with Crippen LogP contribution in [0, 0.1) is 5.41 Å². The predicted molar refractivity (Wildman–Crippen MR) is 112 cm³/mol. The number of rotatable bonds is 13. The first-order valence-corrected chi connectivity index (χ1v) is 10.2. The number of hydrogen-bond acceptors (Lipinski definition) is 8. The number of nitrogens with one attached hydrogen (secondary N) is 2. The molecular weight excluding hydrogens is 360 g/mol. The molecule has 0 aliphatic carbocycles. The maximum atomic E-state index is 12.8. The zero-order valence-electron chi connectivity index (χ0n) is 18.7. The molecule has 6 N–H and O–H groups in total. The summed E-state index contributed by atoms with van der Waals surface area (Å²) in [6.45, 7) is 13.6. The SMILES string of the molecule is CC(C)(C)OC(=O)C(CN)(CNCCCCNCCCN)C(=O)OC(C)(C)C. The molecule has 0 aromatic heterocycles. The Labute approximate surface area is 170 Å². The first-order valence-electron chi connectivity index (χ1n) is 10.2. The quantitative estimate of drug-likeness (QED) is 0.203. The van der Waals surface area contributed by atoms with E-state index in [1.165, 1.54) is 0 Å². The average Bonchev–Trinajstić information content (AvgIpc) is 2.53. The molecule has 0 aliphatic rings. The Balaban J connectivity index is 4.85. The highest BCUT2D eigenvalue weighted by Crippen LogP contribution is 2.26. The van der Waals surface area contributed by atoms with Crippen LogP contribution in [-0.4, -0.2) is 62.4 Å². The van der Waals surface area contributed by atoms with Gasteiger partial charge in [-0.05, 0) is 87.0 Å². The molecule has 0 rings (SSSR count). The van der Waals surface area contributed by atoms with Gasteiger partial charge in [-0.2, -0.15) is 0 Å². The third-order valence-electron chi connectivity index (χ3n) is 3.87. The van der Waals surface area contributed by atoms with Crippen molar-refractivity contribution in [2.24, 2.45) is 16.9 Å². The molecule has 0 radical (unpaired) electrons. The van der Waals surface area contributed by atoms with Crippen LogP contribution in [0.15, 0.2) is 0 Å². The minimum absolute atomic E-state index is 0.0773. The lowest BCUT2D eigenvalue weighted by molar-refractivity contribution is -0.184. The molecule has 0 unspecified atom stereocenters. The van der Waals surface area contributed by atoms with Gasteiger partial charge in [0.05, 0.1) is 0 Å². The van der Waals surface area contributed by atoms with E-state index in [0.717, 1.165) is 32.4 Å². The van der Waals surface area contributed by atoms with E-state index in [-0.39, 0.29) is 13.1 Å². The highest BCUT2D eigenvalue weighted by atomic mass is 16.6. The second kappa shape index (κ2) is 12.4. The van der Waals surface area contributed by atoms with E-state index in [2.05, 4.69) is 10.6 Å². The summed E-state index contributed by atoms with van der Waals surface area (Å²) in [5.41, 5.74) is 8.32. The lowest BCUT2D eigenvalue weighted by Gasteiger charge is -2.34. The Morgan fingerprint density at radius 1 is 0.750 bits per heavy atom. The van der Waals surface area contributed by atoms with Crippen LogP contribution in [0.4, 0.5) is 0 Å². The Morgan fingerprint density at radius 3 is 1.57 bits per heavy atom. The molecule has 0 heterocycles. The normalized spacial score (nSPS) is 12.7. The van der Waals surface area contributed by atoms with Crippen molar-refractivity contribution >= 4 is 11.9 Å². The summed E-state index contributed by atoms with van der Waals surface area (Å²) in [7, 11) is 0. The molecule has 0 saturated carbocycles. The summed E-state index contributed by atoms with van der Waals surface area (Å²) < 4.78 is 11.0. The molecule has 166 valence electrons. The molecule has 0 atom stereocenters. The van der Waals surface area contributed by atoms with Crippen LogP contribution in [0.25, 0.3) is 0 Å². The Morgan fingerprint density at radius 2 is 1.18 bits per heavy atom. The zero-order valence-corrected chi connectivity index (χ0v) is 18.7. The van der Waals surface area contributed by atoms with Crippen LogP contribution in [0.2, 0.25) is 0 Å². The minimum atomic E-state index is -1.57. The zero-order chi connectivity index (χ0) is 21.8. The molecule has 0 aromatic rings. The number of nitrogens with two attached hydrogens (primary N) is 2. The van der Waals surface area contributed by atoms with E-state index in [9.17, 15) is 9.59 Å². The molecular formula is C20H42N4O4. The summed E-state index contributed by atoms with van der Waals surface area (Å²) >= 11 is 0. The number of esters is 2. The van der Waals surface area contributed by atoms with Gasteiger partial charge in [0.25, 0.3) is 0 Å². The number of carbonyl (C=O) groups is 2. The van der Waals surface area contributed by atoms with Gasteiger partial charge in [0.2, 0.25) is 0 Å².